The molecule has 0 fully saturated rings. The third-order valence-electron chi connectivity index (χ3n) is 3.68. The second-order valence-corrected chi connectivity index (χ2v) is 6.30. The monoisotopic (exact) mass is 477 g/mol. The Balaban J connectivity index is 0.00000169. The van der Waals surface area contributed by atoms with Crippen LogP contribution in [0, 0.1) is 0 Å². The van der Waals surface area contributed by atoms with Gasteiger partial charge in [0.25, 0.3) is 0 Å². The Morgan fingerprint density at radius 2 is 1.31 bits per heavy atom. The van der Waals surface area contributed by atoms with Gasteiger partial charge in [0.2, 0.25) is 12.3 Å². The van der Waals surface area contributed by atoms with Crippen molar-refractivity contribution in [3.8, 4) is 0 Å². The lowest BCUT2D eigenvalue weighted by Crippen LogP contribution is -3.00. The largest absolute Gasteiger partial charge is 1.00 e. The molecule has 1 aromatic heterocycles. The van der Waals surface area contributed by atoms with Gasteiger partial charge in [0.05, 0.1) is 0 Å². The standard InChI is InChI=1S/C20H15BrNO2.BrH.H2O/c21-18-8-6-15(7-9-18)19(23)14-22-12-10-17(11-13-22)20(24)16-4-2-1-3-5-16;;/h1-13H,14H2;1H;1H2/q+1;;/p-1. The normalized spacial score (nSPS) is 9.58. The van der Waals surface area contributed by atoms with Gasteiger partial charge in [-0.25, -0.2) is 0 Å². The maximum atomic E-state index is 12.4. The number of benzene rings is 2. The number of Topliss-reactive ketones (excluding diaryl/α,β-unsaturated/α-hetero) is 1. The van der Waals surface area contributed by atoms with Gasteiger partial charge in [-0.2, -0.15) is 4.57 Å². The molecule has 0 saturated heterocycles. The molecule has 0 saturated carbocycles. The van der Waals surface area contributed by atoms with Crippen LogP contribution in [0.3, 0.4) is 0 Å². The first kappa shape index (κ1) is 21.9. The van der Waals surface area contributed by atoms with E-state index in [1.54, 1.807) is 53.4 Å². The van der Waals surface area contributed by atoms with Crippen LogP contribution in [0.4, 0.5) is 0 Å². The van der Waals surface area contributed by atoms with Crippen molar-refractivity contribution in [3.05, 3.63) is 100 Å². The predicted octanol–water partition coefficient (Wildman–Crippen LogP) is 0.0298. The molecule has 0 aliphatic rings. The molecule has 0 bridgehead atoms. The summed E-state index contributed by atoms with van der Waals surface area (Å²) < 4.78 is 2.71. The SMILES string of the molecule is O.O=C(C[n+]1ccc(C(=O)c2ccccc2)cc1)c1ccc(Br)cc1.[Br-]. The molecule has 4 nitrogen and oxygen atoms in total. The summed E-state index contributed by atoms with van der Waals surface area (Å²) in [6.07, 6.45) is 3.51. The van der Waals surface area contributed by atoms with Gasteiger partial charge >= 0.3 is 0 Å². The molecule has 3 rings (SSSR count). The third kappa shape index (κ3) is 5.42. The van der Waals surface area contributed by atoms with Crippen molar-refractivity contribution < 1.29 is 36.6 Å². The number of ketones is 2. The van der Waals surface area contributed by atoms with E-state index >= 15 is 0 Å². The van der Waals surface area contributed by atoms with Gasteiger partial charge in [0.15, 0.2) is 18.2 Å². The molecule has 0 spiro atoms. The van der Waals surface area contributed by atoms with E-state index in [9.17, 15) is 9.59 Å². The van der Waals surface area contributed by atoms with E-state index < -0.39 is 0 Å². The third-order valence-corrected chi connectivity index (χ3v) is 4.21. The fraction of sp³-hybridized carbons (Fsp3) is 0.0500. The summed E-state index contributed by atoms with van der Waals surface area (Å²) in [5.41, 5.74) is 1.92. The summed E-state index contributed by atoms with van der Waals surface area (Å²) in [7, 11) is 0. The zero-order chi connectivity index (χ0) is 16.9. The van der Waals surface area contributed by atoms with E-state index in [1.165, 1.54) is 0 Å². The fourth-order valence-electron chi connectivity index (χ4n) is 2.36. The molecule has 0 atom stereocenters. The van der Waals surface area contributed by atoms with Crippen LogP contribution in [-0.2, 0) is 6.54 Å². The van der Waals surface area contributed by atoms with Crippen molar-refractivity contribution in [2.45, 2.75) is 6.54 Å². The minimum absolute atomic E-state index is 0. The Bertz CT molecular complexity index is 864. The molecule has 0 aliphatic carbocycles. The molecule has 26 heavy (non-hydrogen) atoms. The summed E-state index contributed by atoms with van der Waals surface area (Å²) in [5, 5.41) is 0. The zero-order valence-corrected chi connectivity index (χ0v) is 16.9. The lowest BCUT2D eigenvalue weighted by atomic mass is 10.0. The Labute approximate surface area is 170 Å². The molecule has 6 heteroatoms. The van der Waals surface area contributed by atoms with Gasteiger partial charge in [0.1, 0.15) is 0 Å². The summed E-state index contributed by atoms with van der Waals surface area (Å²) in [6.45, 7) is 0.238. The van der Waals surface area contributed by atoms with Crippen molar-refractivity contribution in [2.24, 2.45) is 0 Å². The number of rotatable bonds is 5. The van der Waals surface area contributed by atoms with Crippen LogP contribution in [0.2, 0.25) is 0 Å². The van der Waals surface area contributed by atoms with Crippen molar-refractivity contribution >= 4 is 27.5 Å². The fourth-order valence-corrected chi connectivity index (χ4v) is 2.63. The number of hydrogen-bond donors (Lipinski definition) is 0. The minimum atomic E-state index is -0.0259. The van der Waals surface area contributed by atoms with Gasteiger partial charge in [-0.15, -0.1) is 0 Å². The lowest BCUT2D eigenvalue weighted by Gasteiger charge is -2.01. The van der Waals surface area contributed by atoms with Gasteiger partial charge in [-0.3, -0.25) is 9.59 Å². The van der Waals surface area contributed by atoms with Gasteiger partial charge in [0, 0.05) is 33.3 Å². The van der Waals surface area contributed by atoms with Gasteiger partial charge < -0.3 is 22.5 Å². The van der Waals surface area contributed by atoms with Crippen molar-refractivity contribution in [1.82, 2.24) is 0 Å². The van der Waals surface area contributed by atoms with E-state index in [1.807, 2.05) is 30.3 Å². The van der Waals surface area contributed by atoms with E-state index in [0.29, 0.717) is 16.7 Å². The molecule has 134 valence electrons. The highest BCUT2D eigenvalue weighted by atomic mass is 79.9. The number of halogens is 2. The molecular formula is C20H17Br2NO3. The molecule has 1 heterocycles. The van der Waals surface area contributed by atoms with Crippen LogP contribution < -0.4 is 21.5 Å². The van der Waals surface area contributed by atoms with Crippen molar-refractivity contribution in [2.75, 3.05) is 0 Å². The van der Waals surface area contributed by atoms with Crippen molar-refractivity contribution in [3.63, 3.8) is 0 Å². The van der Waals surface area contributed by atoms with Crippen LogP contribution in [0.1, 0.15) is 26.3 Å². The number of carbonyl (C=O) groups is 2. The number of pyridine rings is 1. The summed E-state index contributed by atoms with van der Waals surface area (Å²) in [5.74, 6) is -0.00313. The van der Waals surface area contributed by atoms with Crippen LogP contribution >= 0.6 is 15.9 Å². The Morgan fingerprint density at radius 3 is 1.88 bits per heavy atom. The quantitative estimate of drug-likeness (QED) is 0.383. The molecule has 0 amide bonds. The summed E-state index contributed by atoms with van der Waals surface area (Å²) >= 11 is 3.35. The molecule has 2 aromatic carbocycles. The Hall–Kier alpha value is -2.15. The Kier molecular flexibility index (Phi) is 8.51. The maximum Gasteiger partial charge on any atom is 0.227 e. The van der Waals surface area contributed by atoms with Gasteiger partial charge in [-0.1, -0.05) is 58.4 Å². The van der Waals surface area contributed by atoms with Crippen LogP contribution in [0.15, 0.2) is 83.6 Å². The second kappa shape index (κ2) is 10.1. The topological polar surface area (TPSA) is 69.5 Å². The number of hydrogen-bond acceptors (Lipinski definition) is 2. The lowest BCUT2D eigenvalue weighted by molar-refractivity contribution is -0.683. The molecule has 3 aromatic rings. The van der Waals surface area contributed by atoms with E-state index in [4.69, 9.17) is 0 Å². The Morgan fingerprint density at radius 1 is 0.769 bits per heavy atom. The first-order chi connectivity index (χ1) is 11.6. The van der Waals surface area contributed by atoms with E-state index in [-0.39, 0.29) is 40.6 Å². The van der Waals surface area contributed by atoms with Gasteiger partial charge in [-0.05, 0) is 12.1 Å². The van der Waals surface area contributed by atoms with Crippen molar-refractivity contribution in [1.29, 1.82) is 0 Å². The smallest absolute Gasteiger partial charge is 0.227 e. The average Bonchev–Trinajstić information content (AvgIpc) is 2.63. The summed E-state index contributed by atoms with van der Waals surface area (Å²) in [6, 6.07) is 19.9. The highest BCUT2D eigenvalue weighted by Gasteiger charge is 2.14. The molecule has 2 N–H and O–H groups in total. The average molecular weight is 479 g/mol. The van der Waals surface area contributed by atoms with E-state index in [2.05, 4.69) is 15.9 Å². The highest BCUT2D eigenvalue weighted by molar-refractivity contribution is 9.10. The first-order valence-corrected chi connectivity index (χ1v) is 8.30. The second-order valence-electron chi connectivity index (χ2n) is 5.38. The first-order valence-electron chi connectivity index (χ1n) is 7.51. The highest BCUT2D eigenvalue weighted by Crippen LogP contribution is 2.11. The molecule has 0 radical (unpaired) electrons. The zero-order valence-electron chi connectivity index (χ0n) is 13.7. The molecule has 0 unspecified atom stereocenters. The maximum absolute atomic E-state index is 12.4. The van der Waals surface area contributed by atoms with Crippen LogP contribution in [0.25, 0.3) is 0 Å². The summed E-state index contributed by atoms with van der Waals surface area (Å²) in [4.78, 5) is 24.6. The number of nitrogens with zero attached hydrogens (tertiary/aromatic N) is 1. The minimum Gasteiger partial charge on any atom is -1.00 e. The van der Waals surface area contributed by atoms with Crippen LogP contribution in [-0.4, -0.2) is 17.0 Å². The predicted molar refractivity (Wildman–Crippen MR) is 98.6 cm³/mol. The number of aromatic nitrogens is 1. The van der Waals surface area contributed by atoms with Crippen LogP contribution in [0.5, 0.6) is 0 Å². The molecule has 0 aliphatic heterocycles. The van der Waals surface area contributed by atoms with E-state index in [0.717, 1.165) is 4.47 Å². The number of carbonyl (C=O) groups excluding carboxylic acids is 2. The molecular weight excluding hydrogens is 462 g/mol.